The number of hydrogen-bond acceptors (Lipinski definition) is 4. The molecular weight excluding hydrogens is 232 g/mol. The molecule has 2 unspecified atom stereocenters. The van der Waals surface area contributed by atoms with E-state index in [9.17, 15) is 9.59 Å². The maximum Gasteiger partial charge on any atom is 0.308 e. The van der Waals surface area contributed by atoms with Gasteiger partial charge in [0.25, 0.3) is 0 Å². The normalized spacial score (nSPS) is 12.8. The second kappa shape index (κ2) is 12.4. The molecule has 0 heterocycles. The number of carbonyl (C=O) groups excluding carboxylic acids is 2. The van der Waals surface area contributed by atoms with E-state index >= 15 is 0 Å². The summed E-state index contributed by atoms with van der Waals surface area (Å²) in [7, 11) is 0. The van der Waals surface area contributed by atoms with E-state index in [-0.39, 0.29) is 23.8 Å². The molecule has 0 amide bonds. The van der Waals surface area contributed by atoms with Crippen LogP contribution in [-0.2, 0) is 19.1 Å². The highest BCUT2D eigenvalue weighted by Gasteiger charge is 2.10. The molecule has 18 heavy (non-hydrogen) atoms. The van der Waals surface area contributed by atoms with Crippen LogP contribution in [0.1, 0.15) is 54.4 Å². The fraction of sp³-hybridized carbons (Fsp3) is 0.857. The lowest BCUT2D eigenvalue weighted by atomic mass is 10.1. The van der Waals surface area contributed by atoms with Gasteiger partial charge in [-0.15, -0.1) is 0 Å². The Hall–Kier alpha value is -1.06. The number of ether oxygens (including phenoxy) is 2. The Bertz CT molecular complexity index is 202. The molecule has 0 aliphatic rings. The van der Waals surface area contributed by atoms with Crippen LogP contribution in [-0.4, -0.2) is 25.2 Å². The third-order valence-corrected chi connectivity index (χ3v) is 2.60. The molecule has 0 saturated heterocycles. The van der Waals surface area contributed by atoms with Crippen molar-refractivity contribution in [3.8, 4) is 0 Å². The van der Waals surface area contributed by atoms with Crippen LogP contribution in [0.3, 0.4) is 0 Å². The molecule has 0 spiro atoms. The summed E-state index contributed by atoms with van der Waals surface area (Å²) in [6.45, 7) is 12.3. The Balaban J connectivity index is 0. The fourth-order valence-electron chi connectivity index (χ4n) is 0.902. The number of hydrogen-bond donors (Lipinski definition) is 0. The van der Waals surface area contributed by atoms with Gasteiger partial charge >= 0.3 is 11.9 Å². The summed E-state index contributed by atoms with van der Waals surface area (Å²) in [6.07, 6.45) is 1.72. The van der Waals surface area contributed by atoms with Crippen molar-refractivity contribution < 1.29 is 19.1 Å². The topological polar surface area (TPSA) is 52.6 Å². The number of esters is 2. The largest absolute Gasteiger partial charge is 0.466 e. The quantitative estimate of drug-likeness (QED) is 0.688. The second-order valence-corrected chi connectivity index (χ2v) is 4.12. The van der Waals surface area contributed by atoms with Gasteiger partial charge in [0.2, 0.25) is 0 Å². The maximum absolute atomic E-state index is 10.8. The highest BCUT2D eigenvalue weighted by Crippen LogP contribution is 2.02. The Kier molecular flexibility index (Phi) is 13.3. The lowest BCUT2D eigenvalue weighted by Crippen LogP contribution is -2.13. The highest BCUT2D eigenvalue weighted by atomic mass is 16.5. The molecule has 2 atom stereocenters. The van der Waals surface area contributed by atoms with E-state index in [0.29, 0.717) is 13.2 Å². The first-order chi connectivity index (χ1) is 8.44. The van der Waals surface area contributed by atoms with E-state index < -0.39 is 0 Å². The molecule has 0 fully saturated rings. The van der Waals surface area contributed by atoms with Crippen molar-refractivity contribution in [3.63, 3.8) is 0 Å². The molecule has 0 aromatic rings. The third-order valence-electron chi connectivity index (χ3n) is 2.60. The molecule has 0 N–H and O–H groups in total. The molecular formula is C14H28O4. The monoisotopic (exact) mass is 260 g/mol. The van der Waals surface area contributed by atoms with Crippen molar-refractivity contribution >= 4 is 11.9 Å². The summed E-state index contributed by atoms with van der Waals surface area (Å²) in [5.41, 5.74) is 0. The van der Waals surface area contributed by atoms with Crippen molar-refractivity contribution in [1.82, 2.24) is 0 Å². The smallest absolute Gasteiger partial charge is 0.308 e. The number of carbonyl (C=O) groups is 2. The molecule has 0 bridgehead atoms. The van der Waals surface area contributed by atoms with Gasteiger partial charge < -0.3 is 9.47 Å². The predicted molar refractivity (Wildman–Crippen MR) is 72.2 cm³/mol. The maximum atomic E-state index is 10.8. The Labute approximate surface area is 111 Å². The molecule has 4 heteroatoms. The van der Waals surface area contributed by atoms with E-state index in [0.717, 1.165) is 12.8 Å². The Morgan fingerprint density at radius 1 is 0.778 bits per heavy atom. The van der Waals surface area contributed by atoms with Gasteiger partial charge in [-0.2, -0.15) is 0 Å². The van der Waals surface area contributed by atoms with Crippen molar-refractivity contribution in [1.29, 1.82) is 0 Å². The average molecular weight is 260 g/mol. The molecule has 0 aromatic heterocycles. The van der Waals surface area contributed by atoms with Crippen LogP contribution in [0.4, 0.5) is 0 Å². The second-order valence-electron chi connectivity index (χ2n) is 4.12. The van der Waals surface area contributed by atoms with Gasteiger partial charge in [0, 0.05) is 0 Å². The minimum absolute atomic E-state index is 0.0601. The van der Waals surface area contributed by atoms with Crippen LogP contribution in [0.15, 0.2) is 0 Å². The lowest BCUT2D eigenvalue weighted by molar-refractivity contribution is -0.148. The molecule has 108 valence electrons. The van der Waals surface area contributed by atoms with E-state index in [1.54, 1.807) is 0 Å². The zero-order valence-corrected chi connectivity index (χ0v) is 12.6. The van der Waals surface area contributed by atoms with E-state index in [4.69, 9.17) is 9.47 Å². The van der Waals surface area contributed by atoms with Gasteiger partial charge in [-0.1, -0.05) is 27.7 Å². The molecule has 0 aliphatic heterocycles. The van der Waals surface area contributed by atoms with E-state index in [2.05, 4.69) is 0 Å². The van der Waals surface area contributed by atoms with Gasteiger partial charge in [-0.25, -0.2) is 0 Å². The van der Waals surface area contributed by atoms with Gasteiger partial charge in [-0.05, 0) is 26.7 Å². The summed E-state index contributed by atoms with van der Waals surface area (Å²) in [4.78, 5) is 21.5. The van der Waals surface area contributed by atoms with Crippen LogP contribution in [0.25, 0.3) is 0 Å². The lowest BCUT2D eigenvalue weighted by Gasteiger charge is -2.05. The van der Waals surface area contributed by atoms with Crippen LogP contribution in [0.5, 0.6) is 0 Å². The van der Waals surface area contributed by atoms with Gasteiger partial charge in [0.1, 0.15) is 0 Å². The van der Waals surface area contributed by atoms with Crippen molar-refractivity contribution in [3.05, 3.63) is 0 Å². The first kappa shape index (κ1) is 19.3. The van der Waals surface area contributed by atoms with Crippen LogP contribution < -0.4 is 0 Å². The average Bonchev–Trinajstić information content (AvgIpc) is 2.38. The molecule has 4 nitrogen and oxygen atoms in total. The molecule has 0 aromatic carbocycles. The standard InChI is InChI=1S/2C7H14O2/c2*1-4-6(3)7(8)9-5-2/h2*6H,4-5H2,1-3H3. The third kappa shape index (κ3) is 10.1. The zero-order valence-electron chi connectivity index (χ0n) is 12.6. The highest BCUT2D eigenvalue weighted by molar-refractivity contribution is 5.72. The fourth-order valence-corrected chi connectivity index (χ4v) is 0.902. The summed E-state index contributed by atoms with van der Waals surface area (Å²) in [5.74, 6) is -0.0464. The molecule has 0 rings (SSSR count). The molecule has 0 radical (unpaired) electrons. The van der Waals surface area contributed by atoms with Crippen LogP contribution in [0, 0.1) is 11.8 Å². The SMILES string of the molecule is CCOC(=O)C(C)CC.CCOC(=O)C(C)CC. The van der Waals surface area contributed by atoms with Crippen molar-refractivity contribution in [2.24, 2.45) is 11.8 Å². The Morgan fingerprint density at radius 3 is 1.22 bits per heavy atom. The van der Waals surface area contributed by atoms with E-state index in [1.165, 1.54) is 0 Å². The van der Waals surface area contributed by atoms with Crippen LogP contribution in [0.2, 0.25) is 0 Å². The Morgan fingerprint density at radius 2 is 1.06 bits per heavy atom. The zero-order chi connectivity index (χ0) is 14.6. The molecule has 0 saturated carbocycles. The summed E-state index contributed by atoms with van der Waals surface area (Å²) in [5, 5.41) is 0. The van der Waals surface area contributed by atoms with Gasteiger partial charge in [-0.3, -0.25) is 9.59 Å². The minimum Gasteiger partial charge on any atom is -0.466 e. The van der Waals surface area contributed by atoms with Crippen LogP contribution >= 0.6 is 0 Å². The first-order valence-corrected chi connectivity index (χ1v) is 6.77. The predicted octanol–water partition coefficient (Wildman–Crippen LogP) is 3.19. The van der Waals surface area contributed by atoms with Crippen molar-refractivity contribution in [2.45, 2.75) is 54.4 Å². The molecule has 0 aliphatic carbocycles. The van der Waals surface area contributed by atoms with E-state index in [1.807, 2.05) is 41.5 Å². The summed E-state index contributed by atoms with van der Waals surface area (Å²) >= 11 is 0. The summed E-state index contributed by atoms with van der Waals surface area (Å²) < 4.78 is 9.51. The number of rotatable bonds is 6. The van der Waals surface area contributed by atoms with Gasteiger partial charge in [0.05, 0.1) is 25.0 Å². The van der Waals surface area contributed by atoms with Gasteiger partial charge in [0.15, 0.2) is 0 Å². The summed E-state index contributed by atoms with van der Waals surface area (Å²) in [6, 6.07) is 0. The first-order valence-electron chi connectivity index (χ1n) is 6.77. The van der Waals surface area contributed by atoms with Crippen molar-refractivity contribution in [2.75, 3.05) is 13.2 Å². The minimum atomic E-state index is -0.0833.